The molecule has 0 heterocycles. The van der Waals surface area contributed by atoms with Crippen molar-refractivity contribution in [3.8, 4) is 0 Å². The van der Waals surface area contributed by atoms with Crippen molar-refractivity contribution in [2.75, 3.05) is 0 Å². The van der Waals surface area contributed by atoms with E-state index in [1.807, 2.05) is 19.9 Å². The van der Waals surface area contributed by atoms with Crippen LogP contribution < -0.4 is 0 Å². The molecule has 1 nitrogen and oxygen atoms in total. The van der Waals surface area contributed by atoms with Gasteiger partial charge in [-0.1, -0.05) is 25.7 Å². The molecule has 0 aliphatic carbocycles. The highest BCUT2D eigenvalue weighted by molar-refractivity contribution is 6.77. The van der Waals surface area contributed by atoms with Gasteiger partial charge in [-0.05, 0) is 38.7 Å². The minimum atomic E-state index is -1.14. The van der Waals surface area contributed by atoms with Crippen LogP contribution >= 0.6 is 0 Å². The molecule has 0 saturated carbocycles. The van der Waals surface area contributed by atoms with E-state index in [-0.39, 0.29) is 0 Å². The molecule has 14 heavy (non-hydrogen) atoms. The highest BCUT2D eigenvalue weighted by atomic mass is 28.3. The molecule has 0 bridgehead atoms. The van der Waals surface area contributed by atoms with Crippen LogP contribution in [0, 0.1) is 0 Å². The number of hydrogen-bond acceptors (Lipinski definition) is 1. The predicted octanol–water partition coefficient (Wildman–Crippen LogP) is 3.82. The summed E-state index contributed by atoms with van der Waals surface area (Å²) < 4.78 is 0. The third-order valence-electron chi connectivity index (χ3n) is 2.69. The minimum Gasteiger partial charge on any atom is -0.390 e. The van der Waals surface area contributed by atoms with Crippen molar-refractivity contribution in [1.82, 2.24) is 0 Å². The molecule has 0 aromatic carbocycles. The summed E-state index contributed by atoms with van der Waals surface area (Å²) in [5.41, 5.74) is 0.173. The van der Waals surface area contributed by atoms with Crippen molar-refractivity contribution in [1.29, 1.82) is 0 Å². The van der Waals surface area contributed by atoms with E-state index in [0.29, 0.717) is 5.54 Å². The standard InChI is InChI=1S/C12H26OSi/c1-7-8-9-11(14(4,5)6)10-12(2,3)13/h7,11,13H,1,8-10H2,2-6H3. The molecule has 1 N–H and O–H groups in total. The number of rotatable bonds is 6. The molecule has 0 aliphatic heterocycles. The lowest BCUT2D eigenvalue weighted by Crippen LogP contribution is -2.34. The summed E-state index contributed by atoms with van der Waals surface area (Å²) in [5, 5.41) is 9.85. The van der Waals surface area contributed by atoms with Crippen molar-refractivity contribution in [2.45, 2.75) is 63.9 Å². The highest BCUT2D eigenvalue weighted by Crippen LogP contribution is 2.34. The average molecular weight is 214 g/mol. The molecule has 84 valence electrons. The smallest absolute Gasteiger partial charge is 0.0591 e. The van der Waals surface area contributed by atoms with E-state index < -0.39 is 13.7 Å². The zero-order valence-corrected chi connectivity index (χ0v) is 11.4. The molecule has 0 spiro atoms. The second kappa shape index (κ2) is 5.13. The number of allylic oxidation sites excluding steroid dienone is 1. The Labute approximate surface area is 90.2 Å². The normalized spacial score (nSPS) is 15.3. The first-order valence-electron chi connectivity index (χ1n) is 5.50. The summed E-state index contributed by atoms with van der Waals surface area (Å²) in [4.78, 5) is 0. The lowest BCUT2D eigenvalue weighted by Gasteiger charge is -2.33. The average Bonchev–Trinajstić information content (AvgIpc) is 1.93. The van der Waals surface area contributed by atoms with Gasteiger partial charge in [-0.25, -0.2) is 0 Å². The Bertz CT molecular complexity index is 174. The lowest BCUT2D eigenvalue weighted by molar-refractivity contribution is 0.0677. The van der Waals surface area contributed by atoms with E-state index in [1.165, 1.54) is 6.42 Å². The Morgan fingerprint density at radius 1 is 1.36 bits per heavy atom. The van der Waals surface area contributed by atoms with Crippen molar-refractivity contribution in [3.05, 3.63) is 12.7 Å². The van der Waals surface area contributed by atoms with Gasteiger partial charge in [0.1, 0.15) is 0 Å². The largest absolute Gasteiger partial charge is 0.390 e. The molecular weight excluding hydrogens is 188 g/mol. The maximum Gasteiger partial charge on any atom is 0.0591 e. The second-order valence-corrected chi connectivity index (χ2v) is 11.5. The molecule has 0 amide bonds. The second-order valence-electron chi connectivity index (χ2n) is 5.95. The van der Waals surface area contributed by atoms with Crippen LogP contribution in [-0.2, 0) is 0 Å². The topological polar surface area (TPSA) is 20.2 Å². The van der Waals surface area contributed by atoms with Gasteiger partial charge in [0.15, 0.2) is 0 Å². The zero-order chi connectivity index (χ0) is 11.4. The fourth-order valence-electron chi connectivity index (χ4n) is 1.76. The number of hydrogen-bond donors (Lipinski definition) is 1. The fourth-order valence-corrected chi connectivity index (χ4v) is 3.91. The van der Waals surface area contributed by atoms with E-state index in [2.05, 4.69) is 26.2 Å². The molecule has 0 aromatic heterocycles. The van der Waals surface area contributed by atoms with Gasteiger partial charge in [-0.3, -0.25) is 0 Å². The summed E-state index contributed by atoms with van der Waals surface area (Å²) in [6.07, 6.45) is 5.17. The monoisotopic (exact) mass is 214 g/mol. The predicted molar refractivity (Wildman–Crippen MR) is 67.4 cm³/mol. The maximum atomic E-state index is 9.85. The SMILES string of the molecule is C=CCCC(CC(C)(C)O)[Si](C)(C)C. The van der Waals surface area contributed by atoms with E-state index in [9.17, 15) is 5.11 Å². The third-order valence-corrected chi connectivity index (χ3v) is 5.63. The maximum absolute atomic E-state index is 9.85. The van der Waals surface area contributed by atoms with Crippen LogP contribution in [-0.4, -0.2) is 18.8 Å². The van der Waals surface area contributed by atoms with Gasteiger partial charge in [-0.15, -0.1) is 6.58 Å². The molecule has 0 saturated heterocycles. The quantitative estimate of drug-likeness (QED) is 0.526. The molecular formula is C12H26OSi. The first-order chi connectivity index (χ1) is 6.17. The molecule has 1 atom stereocenters. The summed E-state index contributed by atoms with van der Waals surface area (Å²) in [6.45, 7) is 14.7. The Balaban J connectivity index is 4.33. The van der Waals surface area contributed by atoms with Gasteiger partial charge in [0.25, 0.3) is 0 Å². The summed E-state index contributed by atoms with van der Waals surface area (Å²) in [7, 11) is -1.14. The van der Waals surface area contributed by atoms with Gasteiger partial charge < -0.3 is 5.11 Å². The van der Waals surface area contributed by atoms with Crippen LogP contribution in [0.15, 0.2) is 12.7 Å². The summed E-state index contributed by atoms with van der Waals surface area (Å²) in [6, 6.07) is 0. The molecule has 0 fully saturated rings. The van der Waals surface area contributed by atoms with Gasteiger partial charge in [-0.2, -0.15) is 0 Å². The molecule has 0 aliphatic rings. The van der Waals surface area contributed by atoms with Crippen LogP contribution in [0.4, 0.5) is 0 Å². The van der Waals surface area contributed by atoms with Crippen molar-refractivity contribution < 1.29 is 5.11 Å². The fraction of sp³-hybridized carbons (Fsp3) is 0.833. The Hall–Kier alpha value is -0.0831. The van der Waals surface area contributed by atoms with Crippen LogP contribution in [0.25, 0.3) is 0 Å². The van der Waals surface area contributed by atoms with Gasteiger partial charge in [0.05, 0.1) is 5.60 Å². The first-order valence-corrected chi connectivity index (χ1v) is 9.08. The zero-order valence-electron chi connectivity index (χ0n) is 10.4. The molecule has 0 radical (unpaired) electrons. The van der Waals surface area contributed by atoms with Crippen molar-refractivity contribution >= 4 is 8.07 Å². The van der Waals surface area contributed by atoms with Gasteiger partial charge in [0, 0.05) is 8.07 Å². The lowest BCUT2D eigenvalue weighted by atomic mass is 10.0. The van der Waals surface area contributed by atoms with Crippen LogP contribution in [0.5, 0.6) is 0 Å². The first kappa shape index (κ1) is 13.9. The summed E-state index contributed by atoms with van der Waals surface area (Å²) in [5.74, 6) is 0. The van der Waals surface area contributed by atoms with Crippen LogP contribution in [0.1, 0.15) is 33.1 Å². The number of aliphatic hydroxyl groups is 1. The molecule has 1 unspecified atom stereocenters. The molecule has 0 rings (SSSR count). The van der Waals surface area contributed by atoms with E-state index in [0.717, 1.165) is 12.8 Å². The Morgan fingerprint density at radius 2 is 1.86 bits per heavy atom. The van der Waals surface area contributed by atoms with Crippen LogP contribution in [0.3, 0.4) is 0 Å². The van der Waals surface area contributed by atoms with E-state index in [1.54, 1.807) is 0 Å². The van der Waals surface area contributed by atoms with E-state index in [4.69, 9.17) is 0 Å². The Morgan fingerprint density at radius 3 is 2.14 bits per heavy atom. The van der Waals surface area contributed by atoms with Gasteiger partial charge >= 0.3 is 0 Å². The summed E-state index contributed by atoms with van der Waals surface area (Å²) >= 11 is 0. The van der Waals surface area contributed by atoms with E-state index >= 15 is 0 Å². The van der Waals surface area contributed by atoms with Crippen molar-refractivity contribution in [2.24, 2.45) is 0 Å². The molecule has 0 aromatic rings. The minimum absolute atomic E-state index is 0.522. The van der Waals surface area contributed by atoms with Crippen molar-refractivity contribution in [3.63, 3.8) is 0 Å². The highest BCUT2D eigenvalue weighted by Gasteiger charge is 2.30. The molecule has 2 heteroatoms. The van der Waals surface area contributed by atoms with Crippen LogP contribution in [0.2, 0.25) is 25.2 Å². The Kier molecular flexibility index (Phi) is 5.10. The third kappa shape index (κ3) is 6.38. The van der Waals surface area contributed by atoms with Gasteiger partial charge in [0.2, 0.25) is 0 Å².